The quantitative estimate of drug-likeness (QED) is 0.800. The molecule has 1 heterocycles. The van der Waals surface area contributed by atoms with Gasteiger partial charge in [0.2, 0.25) is 5.16 Å². The van der Waals surface area contributed by atoms with Gasteiger partial charge in [0.05, 0.1) is 0 Å². The number of nitrogens with zero attached hydrogens (tertiary/aromatic N) is 2. The summed E-state index contributed by atoms with van der Waals surface area (Å²) < 4.78 is 0. The molecule has 0 aromatic carbocycles. The highest BCUT2D eigenvalue weighted by Gasteiger charge is 2.15. The van der Waals surface area contributed by atoms with Crippen LogP contribution in [0.25, 0.3) is 0 Å². The summed E-state index contributed by atoms with van der Waals surface area (Å²) in [5.74, 6) is 2.00. The molecule has 16 heavy (non-hydrogen) atoms. The summed E-state index contributed by atoms with van der Waals surface area (Å²) in [6, 6.07) is 0. The Bertz CT molecular complexity index is 316. The molecule has 1 aliphatic carbocycles. The van der Waals surface area contributed by atoms with E-state index in [9.17, 15) is 0 Å². The van der Waals surface area contributed by atoms with Crippen LogP contribution < -0.4 is 0 Å². The van der Waals surface area contributed by atoms with Crippen molar-refractivity contribution < 1.29 is 0 Å². The van der Waals surface area contributed by atoms with E-state index < -0.39 is 0 Å². The van der Waals surface area contributed by atoms with Crippen molar-refractivity contribution >= 4 is 11.8 Å². The minimum atomic E-state index is 0.554. The molecule has 1 aromatic heterocycles. The molecule has 4 heteroatoms. The highest BCUT2D eigenvalue weighted by molar-refractivity contribution is 7.99. The normalized spacial score (nSPS) is 17.4. The van der Waals surface area contributed by atoms with Crippen LogP contribution in [0.4, 0.5) is 0 Å². The van der Waals surface area contributed by atoms with Gasteiger partial charge in [-0.1, -0.05) is 51.3 Å². The average molecular weight is 239 g/mol. The first kappa shape index (κ1) is 12.0. The van der Waals surface area contributed by atoms with Gasteiger partial charge in [0.1, 0.15) is 5.82 Å². The topological polar surface area (TPSA) is 41.6 Å². The number of aromatic nitrogens is 3. The van der Waals surface area contributed by atoms with Crippen molar-refractivity contribution in [3.8, 4) is 0 Å². The molecule has 0 spiro atoms. The summed E-state index contributed by atoms with van der Waals surface area (Å²) in [5.41, 5.74) is 0. The molecule has 2 rings (SSSR count). The van der Waals surface area contributed by atoms with Crippen LogP contribution in [0.5, 0.6) is 0 Å². The lowest BCUT2D eigenvalue weighted by Crippen LogP contribution is -1.97. The molecular formula is C12H21N3S. The van der Waals surface area contributed by atoms with Crippen molar-refractivity contribution in [2.75, 3.05) is 0 Å². The third kappa shape index (κ3) is 3.51. The van der Waals surface area contributed by atoms with E-state index in [0.717, 1.165) is 23.3 Å². The van der Waals surface area contributed by atoms with E-state index in [1.807, 2.05) is 0 Å². The highest BCUT2D eigenvalue weighted by Crippen LogP contribution is 2.28. The number of H-pyrrole nitrogens is 1. The molecule has 0 amide bonds. The molecular weight excluding hydrogens is 218 g/mol. The lowest BCUT2D eigenvalue weighted by Gasteiger charge is -2.05. The molecule has 1 N–H and O–H groups in total. The minimum Gasteiger partial charge on any atom is -0.262 e. The van der Waals surface area contributed by atoms with Crippen LogP contribution >= 0.6 is 11.8 Å². The third-order valence-corrected chi connectivity index (χ3v) is 3.98. The van der Waals surface area contributed by atoms with Gasteiger partial charge in [-0.05, 0) is 12.3 Å². The number of hydrogen-bond acceptors (Lipinski definition) is 3. The number of aromatic amines is 1. The fraction of sp³-hybridized carbons (Fsp3) is 0.833. The second kappa shape index (κ2) is 5.71. The second-order valence-corrected chi connectivity index (χ2v) is 6.46. The Hall–Kier alpha value is -0.510. The van der Waals surface area contributed by atoms with Crippen molar-refractivity contribution in [2.24, 2.45) is 5.92 Å². The molecule has 0 atom stereocenters. The van der Waals surface area contributed by atoms with Crippen LogP contribution in [0.3, 0.4) is 0 Å². The fourth-order valence-electron chi connectivity index (χ4n) is 2.29. The Balaban J connectivity index is 1.78. The van der Waals surface area contributed by atoms with Gasteiger partial charge >= 0.3 is 0 Å². The molecule has 0 radical (unpaired) electrons. The number of hydrogen-bond donors (Lipinski definition) is 1. The van der Waals surface area contributed by atoms with Gasteiger partial charge in [-0.15, -0.1) is 5.10 Å². The number of thioether (sulfide) groups is 1. The van der Waals surface area contributed by atoms with E-state index in [1.165, 1.54) is 32.1 Å². The molecule has 1 fully saturated rings. The van der Waals surface area contributed by atoms with Crippen LogP contribution in [0, 0.1) is 5.92 Å². The van der Waals surface area contributed by atoms with E-state index in [2.05, 4.69) is 29.0 Å². The number of aryl methyl sites for hydroxylation is 1. The van der Waals surface area contributed by atoms with Gasteiger partial charge in [-0.25, -0.2) is 4.98 Å². The maximum Gasteiger partial charge on any atom is 0.208 e. The molecule has 1 aromatic rings. The largest absolute Gasteiger partial charge is 0.262 e. The zero-order valence-corrected chi connectivity index (χ0v) is 11.0. The number of nitrogens with one attached hydrogen (secondary N) is 1. The molecule has 1 aliphatic rings. The first-order valence-electron chi connectivity index (χ1n) is 6.32. The van der Waals surface area contributed by atoms with Crippen molar-refractivity contribution in [1.82, 2.24) is 15.2 Å². The Morgan fingerprint density at radius 2 is 2.12 bits per heavy atom. The van der Waals surface area contributed by atoms with Crippen LogP contribution in [-0.2, 0) is 6.42 Å². The first-order chi connectivity index (χ1) is 7.74. The van der Waals surface area contributed by atoms with Gasteiger partial charge in [0, 0.05) is 11.7 Å². The SMILES string of the molecule is CC(C)Sc1n[nH]c(CCC2CCCC2)n1. The second-order valence-electron chi connectivity index (χ2n) is 4.92. The highest BCUT2D eigenvalue weighted by atomic mass is 32.2. The molecule has 3 nitrogen and oxygen atoms in total. The average Bonchev–Trinajstić information content (AvgIpc) is 2.84. The summed E-state index contributed by atoms with van der Waals surface area (Å²) in [7, 11) is 0. The maximum atomic E-state index is 4.51. The van der Waals surface area contributed by atoms with E-state index in [1.54, 1.807) is 11.8 Å². The third-order valence-electron chi connectivity index (χ3n) is 3.12. The molecule has 1 saturated carbocycles. The summed E-state index contributed by atoms with van der Waals surface area (Å²) in [6.07, 6.45) is 8.03. The zero-order valence-electron chi connectivity index (χ0n) is 10.2. The Morgan fingerprint density at radius 3 is 2.81 bits per heavy atom. The summed E-state index contributed by atoms with van der Waals surface area (Å²) in [6.45, 7) is 4.33. The summed E-state index contributed by atoms with van der Waals surface area (Å²) >= 11 is 1.72. The van der Waals surface area contributed by atoms with Crippen LogP contribution in [0.1, 0.15) is 51.8 Å². The molecule has 0 aliphatic heterocycles. The fourth-order valence-corrected chi connectivity index (χ4v) is 2.98. The maximum absolute atomic E-state index is 4.51. The Morgan fingerprint density at radius 1 is 1.38 bits per heavy atom. The summed E-state index contributed by atoms with van der Waals surface area (Å²) in [4.78, 5) is 4.51. The number of rotatable bonds is 5. The predicted octanol–water partition coefficient (Wildman–Crippen LogP) is 3.43. The van der Waals surface area contributed by atoms with Crippen molar-refractivity contribution in [1.29, 1.82) is 0 Å². The van der Waals surface area contributed by atoms with Gasteiger partial charge in [-0.3, -0.25) is 5.10 Å². The Kier molecular flexibility index (Phi) is 4.27. The van der Waals surface area contributed by atoms with Crippen molar-refractivity contribution in [3.05, 3.63) is 5.82 Å². The minimum absolute atomic E-state index is 0.554. The van der Waals surface area contributed by atoms with Gasteiger partial charge in [-0.2, -0.15) is 0 Å². The van der Waals surface area contributed by atoms with Crippen LogP contribution in [-0.4, -0.2) is 20.4 Å². The standard InChI is InChI=1S/C12H21N3S/c1-9(2)16-12-13-11(14-15-12)8-7-10-5-3-4-6-10/h9-10H,3-8H2,1-2H3,(H,13,14,15). The van der Waals surface area contributed by atoms with Crippen LogP contribution in [0.2, 0.25) is 0 Å². The lowest BCUT2D eigenvalue weighted by molar-refractivity contribution is 0.497. The lowest BCUT2D eigenvalue weighted by atomic mass is 10.0. The molecule has 90 valence electrons. The Labute approximate surface area is 102 Å². The van der Waals surface area contributed by atoms with Gasteiger partial charge in [0.25, 0.3) is 0 Å². The van der Waals surface area contributed by atoms with Crippen LogP contribution in [0.15, 0.2) is 5.16 Å². The van der Waals surface area contributed by atoms with Crippen molar-refractivity contribution in [2.45, 2.75) is 62.8 Å². The predicted molar refractivity (Wildman–Crippen MR) is 67.7 cm³/mol. The van der Waals surface area contributed by atoms with E-state index in [-0.39, 0.29) is 0 Å². The van der Waals surface area contributed by atoms with E-state index in [0.29, 0.717) is 5.25 Å². The van der Waals surface area contributed by atoms with Crippen molar-refractivity contribution in [3.63, 3.8) is 0 Å². The van der Waals surface area contributed by atoms with Gasteiger partial charge < -0.3 is 0 Å². The van der Waals surface area contributed by atoms with Gasteiger partial charge in [0.15, 0.2) is 0 Å². The van der Waals surface area contributed by atoms with E-state index in [4.69, 9.17) is 0 Å². The molecule has 0 saturated heterocycles. The smallest absolute Gasteiger partial charge is 0.208 e. The monoisotopic (exact) mass is 239 g/mol. The first-order valence-corrected chi connectivity index (χ1v) is 7.20. The molecule has 0 unspecified atom stereocenters. The molecule has 0 bridgehead atoms. The van der Waals surface area contributed by atoms with E-state index >= 15 is 0 Å². The summed E-state index contributed by atoms with van der Waals surface area (Å²) in [5, 5.41) is 8.74. The zero-order chi connectivity index (χ0) is 11.4.